The van der Waals surface area contributed by atoms with Crippen LogP contribution in [0.2, 0.25) is 0 Å². The van der Waals surface area contributed by atoms with Crippen molar-refractivity contribution in [1.29, 1.82) is 0 Å². The van der Waals surface area contributed by atoms with Crippen molar-refractivity contribution < 1.29 is 15.0 Å². The second kappa shape index (κ2) is 3.60. The quantitative estimate of drug-likeness (QED) is 0.813. The highest BCUT2D eigenvalue weighted by atomic mass is 32.1. The summed E-state index contributed by atoms with van der Waals surface area (Å²) in [5, 5.41) is 18.9. The number of carboxylic acid groups (broad SMARTS) is 1. The molecule has 0 saturated carbocycles. The van der Waals surface area contributed by atoms with E-state index < -0.39 is 12.1 Å². The monoisotopic (exact) mass is 223 g/mol. The minimum absolute atomic E-state index is 0.387. The molecule has 2 aromatic rings. The summed E-state index contributed by atoms with van der Waals surface area (Å²) in [5.41, 5.74) is 1.24. The molecule has 0 saturated heterocycles. The van der Waals surface area contributed by atoms with E-state index in [1.807, 2.05) is 6.92 Å². The maximum atomic E-state index is 10.6. The van der Waals surface area contributed by atoms with Crippen LogP contribution in [-0.4, -0.2) is 20.6 Å². The zero-order valence-electron chi connectivity index (χ0n) is 7.97. The first-order valence-corrected chi connectivity index (χ1v) is 5.14. The van der Waals surface area contributed by atoms with Gasteiger partial charge in [-0.15, -0.1) is 0 Å². The molecule has 78 valence electrons. The van der Waals surface area contributed by atoms with E-state index in [4.69, 9.17) is 5.11 Å². The summed E-state index contributed by atoms with van der Waals surface area (Å²) >= 11 is 1.36. The van der Waals surface area contributed by atoms with Crippen LogP contribution in [0.15, 0.2) is 18.2 Å². The Morgan fingerprint density at radius 3 is 2.93 bits per heavy atom. The Labute approximate surface area is 90.0 Å². The van der Waals surface area contributed by atoms with Crippen LogP contribution >= 0.6 is 11.5 Å². The number of aryl methyl sites for hydroxylation is 1. The van der Waals surface area contributed by atoms with E-state index in [9.17, 15) is 9.90 Å². The molecule has 0 fully saturated rings. The summed E-state index contributed by atoms with van der Waals surface area (Å²) in [6, 6.07) is 5.06. The molecule has 0 aliphatic heterocycles. The summed E-state index contributed by atoms with van der Waals surface area (Å²) in [4.78, 5) is 10.6. The van der Waals surface area contributed by atoms with Gasteiger partial charge in [0.15, 0.2) is 6.10 Å². The van der Waals surface area contributed by atoms with Crippen LogP contribution in [0.1, 0.15) is 17.4 Å². The molecule has 0 aliphatic rings. The zero-order chi connectivity index (χ0) is 11.0. The van der Waals surface area contributed by atoms with Gasteiger partial charge in [0.25, 0.3) is 0 Å². The van der Waals surface area contributed by atoms with Crippen LogP contribution in [-0.2, 0) is 4.79 Å². The molecule has 0 bridgehead atoms. The number of hydrogen-bond donors (Lipinski definition) is 2. The van der Waals surface area contributed by atoms with Gasteiger partial charge in [-0.2, -0.15) is 4.37 Å². The second-order valence-corrected chi connectivity index (χ2v) is 4.07. The molecular formula is C10H9NO3S. The number of fused-ring (bicyclic) bond motifs is 1. The van der Waals surface area contributed by atoms with Gasteiger partial charge in [-0.3, -0.25) is 0 Å². The van der Waals surface area contributed by atoms with E-state index in [2.05, 4.69) is 4.37 Å². The van der Waals surface area contributed by atoms with Crippen molar-refractivity contribution in [2.24, 2.45) is 0 Å². The highest BCUT2D eigenvalue weighted by Crippen LogP contribution is 2.25. The molecule has 1 heterocycles. The topological polar surface area (TPSA) is 70.4 Å². The summed E-state index contributed by atoms with van der Waals surface area (Å²) < 4.78 is 5.15. The van der Waals surface area contributed by atoms with Crippen molar-refractivity contribution in [2.45, 2.75) is 13.0 Å². The van der Waals surface area contributed by atoms with Crippen LogP contribution in [0.4, 0.5) is 0 Å². The van der Waals surface area contributed by atoms with Gasteiger partial charge in [0.1, 0.15) is 0 Å². The van der Waals surface area contributed by atoms with Crippen molar-refractivity contribution in [3.8, 4) is 0 Å². The van der Waals surface area contributed by atoms with Gasteiger partial charge in [0, 0.05) is 5.39 Å². The van der Waals surface area contributed by atoms with E-state index in [1.165, 1.54) is 11.5 Å². The predicted molar refractivity (Wildman–Crippen MR) is 57.0 cm³/mol. The highest BCUT2D eigenvalue weighted by Gasteiger charge is 2.16. The van der Waals surface area contributed by atoms with Crippen LogP contribution in [0.3, 0.4) is 0 Å². The molecule has 1 unspecified atom stereocenters. The van der Waals surface area contributed by atoms with E-state index in [-0.39, 0.29) is 0 Å². The van der Waals surface area contributed by atoms with Crippen LogP contribution in [0.25, 0.3) is 10.1 Å². The summed E-state index contributed by atoms with van der Waals surface area (Å²) in [6.45, 7) is 1.86. The molecule has 15 heavy (non-hydrogen) atoms. The van der Waals surface area contributed by atoms with Gasteiger partial charge in [-0.25, -0.2) is 4.79 Å². The summed E-state index contributed by atoms with van der Waals surface area (Å²) in [7, 11) is 0. The van der Waals surface area contributed by atoms with Gasteiger partial charge in [0.05, 0.1) is 10.4 Å². The molecular weight excluding hydrogens is 214 g/mol. The van der Waals surface area contributed by atoms with Crippen molar-refractivity contribution in [1.82, 2.24) is 4.37 Å². The Balaban J connectivity index is 2.54. The van der Waals surface area contributed by atoms with Crippen molar-refractivity contribution in [2.75, 3.05) is 0 Å². The number of benzene rings is 1. The fourth-order valence-electron chi connectivity index (χ4n) is 1.39. The van der Waals surface area contributed by atoms with Gasteiger partial charge in [0.2, 0.25) is 0 Å². The maximum absolute atomic E-state index is 10.6. The first-order chi connectivity index (χ1) is 7.09. The third kappa shape index (κ3) is 1.71. The standard InChI is InChI=1S/C10H9NO3S/c1-5-7-4-6(9(12)10(13)14)2-3-8(7)15-11-5/h2-4,9,12H,1H3,(H,13,14). The minimum Gasteiger partial charge on any atom is -0.479 e. The summed E-state index contributed by atoms with van der Waals surface area (Å²) in [5.74, 6) is -1.24. The number of aromatic nitrogens is 1. The van der Waals surface area contributed by atoms with Crippen LogP contribution in [0.5, 0.6) is 0 Å². The largest absolute Gasteiger partial charge is 0.479 e. The normalized spacial score (nSPS) is 12.9. The van der Waals surface area contributed by atoms with E-state index >= 15 is 0 Å². The Kier molecular flexibility index (Phi) is 2.42. The number of carbonyl (C=O) groups is 1. The zero-order valence-corrected chi connectivity index (χ0v) is 8.78. The summed E-state index contributed by atoms with van der Waals surface area (Å²) in [6.07, 6.45) is -1.46. The molecule has 1 aromatic heterocycles. The lowest BCUT2D eigenvalue weighted by Gasteiger charge is -2.05. The number of rotatable bonds is 2. The molecule has 1 aromatic carbocycles. The minimum atomic E-state index is -1.46. The van der Waals surface area contributed by atoms with E-state index in [0.29, 0.717) is 5.56 Å². The van der Waals surface area contributed by atoms with Gasteiger partial charge in [-0.1, -0.05) is 6.07 Å². The molecule has 1 atom stereocenters. The highest BCUT2D eigenvalue weighted by molar-refractivity contribution is 7.13. The first-order valence-electron chi connectivity index (χ1n) is 4.36. The fourth-order valence-corrected chi connectivity index (χ4v) is 2.16. The molecule has 0 amide bonds. The van der Waals surface area contributed by atoms with Crippen molar-refractivity contribution >= 4 is 27.6 Å². The molecule has 2 N–H and O–H groups in total. The van der Waals surface area contributed by atoms with Crippen LogP contribution < -0.4 is 0 Å². The molecule has 4 nitrogen and oxygen atoms in total. The number of aliphatic hydroxyl groups excluding tert-OH is 1. The maximum Gasteiger partial charge on any atom is 0.337 e. The first kappa shape index (κ1) is 10.1. The Hall–Kier alpha value is -1.46. The Morgan fingerprint density at radius 1 is 1.53 bits per heavy atom. The SMILES string of the molecule is Cc1nsc2ccc(C(O)C(=O)O)cc12. The van der Waals surface area contributed by atoms with Crippen molar-refractivity contribution in [3.63, 3.8) is 0 Å². The Bertz CT molecular complexity index is 520. The molecule has 5 heteroatoms. The average Bonchev–Trinajstić information content (AvgIpc) is 2.59. The number of aliphatic hydroxyl groups is 1. The third-order valence-corrected chi connectivity index (χ3v) is 3.14. The van der Waals surface area contributed by atoms with E-state index in [0.717, 1.165) is 15.8 Å². The third-order valence-electron chi connectivity index (χ3n) is 2.22. The number of carboxylic acids is 1. The average molecular weight is 223 g/mol. The predicted octanol–water partition coefficient (Wildman–Crippen LogP) is 1.72. The Morgan fingerprint density at radius 2 is 2.27 bits per heavy atom. The molecule has 0 spiro atoms. The second-order valence-electron chi connectivity index (χ2n) is 3.26. The van der Waals surface area contributed by atoms with Crippen molar-refractivity contribution in [3.05, 3.63) is 29.5 Å². The lowest BCUT2D eigenvalue weighted by Crippen LogP contribution is -2.10. The lowest BCUT2D eigenvalue weighted by molar-refractivity contribution is -0.146. The molecule has 2 rings (SSSR count). The van der Waals surface area contributed by atoms with Gasteiger partial charge in [-0.05, 0) is 36.2 Å². The van der Waals surface area contributed by atoms with Crippen LogP contribution in [0, 0.1) is 6.92 Å². The number of hydrogen-bond acceptors (Lipinski definition) is 4. The lowest BCUT2D eigenvalue weighted by atomic mass is 10.1. The smallest absolute Gasteiger partial charge is 0.337 e. The number of nitrogens with zero attached hydrogens (tertiary/aromatic N) is 1. The number of aliphatic carboxylic acids is 1. The molecule has 0 radical (unpaired) electrons. The van der Waals surface area contributed by atoms with Gasteiger partial charge < -0.3 is 10.2 Å². The fraction of sp³-hybridized carbons (Fsp3) is 0.200. The molecule has 0 aliphatic carbocycles. The van der Waals surface area contributed by atoms with Gasteiger partial charge >= 0.3 is 5.97 Å². The van der Waals surface area contributed by atoms with E-state index in [1.54, 1.807) is 18.2 Å².